The zero-order chi connectivity index (χ0) is 12.5. The van der Waals surface area contributed by atoms with E-state index in [0.29, 0.717) is 6.04 Å². The van der Waals surface area contributed by atoms with Gasteiger partial charge in [0.1, 0.15) is 5.01 Å². The zero-order valence-electron chi connectivity index (χ0n) is 10.8. The van der Waals surface area contributed by atoms with Crippen LogP contribution in [-0.4, -0.2) is 12.0 Å². The summed E-state index contributed by atoms with van der Waals surface area (Å²) in [6.45, 7) is 2.21. The molecule has 2 nitrogen and oxygen atoms in total. The van der Waals surface area contributed by atoms with Crippen molar-refractivity contribution < 1.29 is 0 Å². The van der Waals surface area contributed by atoms with Crippen molar-refractivity contribution in [1.29, 1.82) is 0 Å². The molecule has 0 spiro atoms. The Balaban J connectivity index is 1.97. The first-order chi connectivity index (χ1) is 8.81. The van der Waals surface area contributed by atoms with Gasteiger partial charge in [0.2, 0.25) is 0 Å². The number of nitrogens with one attached hydrogen (secondary N) is 1. The average Bonchev–Trinajstić information content (AvgIpc) is 3.03. The van der Waals surface area contributed by atoms with Crippen molar-refractivity contribution in [3.8, 4) is 9.88 Å². The third kappa shape index (κ3) is 2.13. The van der Waals surface area contributed by atoms with E-state index in [0.717, 1.165) is 6.42 Å². The number of aryl methyl sites for hydroxylation is 2. The molecule has 96 valence electrons. The minimum absolute atomic E-state index is 0.462. The molecule has 4 heteroatoms. The standard InChI is InChI=1S/C14H18N2S2/c1-3-9-7-8-12(17-9)14-16-13-10(15-2)5-4-6-11(13)18-14/h7-8,10,15H,3-6H2,1-2H3. The maximum Gasteiger partial charge on any atom is 0.133 e. The molecule has 1 atom stereocenters. The average molecular weight is 278 g/mol. The van der Waals surface area contributed by atoms with E-state index in [2.05, 4.69) is 24.4 Å². The van der Waals surface area contributed by atoms with Crippen LogP contribution < -0.4 is 5.32 Å². The minimum Gasteiger partial charge on any atom is -0.312 e. The lowest BCUT2D eigenvalue weighted by Gasteiger charge is -2.19. The van der Waals surface area contributed by atoms with Crippen molar-refractivity contribution in [3.63, 3.8) is 0 Å². The fraction of sp³-hybridized carbons (Fsp3) is 0.500. The molecular formula is C14H18N2S2. The molecule has 0 radical (unpaired) electrons. The fourth-order valence-electron chi connectivity index (χ4n) is 2.49. The molecule has 0 saturated heterocycles. The second-order valence-electron chi connectivity index (χ2n) is 4.68. The summed E-state index contributed by atoms with van der Waals surface area (Å²) in [4.78, 5) is 9.16. The molecule has 0 amide bonds. The summed E-state index contributed by atoms with van der Waals surface area (Å²) in [6, 6.07) is 4.92. The predicted octanol–water partition coefficient (Wildman–Crippen LogP) is 4.03. The summed E-state index contributed by atoms with van der Waals surface area (Å²) >= 11 is 3.78. The Morgan fingerprint density at radius 1 is 1.39 bits per heavy atom. The van der Waals surface area contributed by atoms with Gasteiger partial charge in [-0.3, -0.25) is 0 Å². The van der Waals surface area contributed by atoms with Crippen LogP contribution in [0.2, 0.25) is 0 Å². The Morgan fingerprint density at radius 3 is 3.00 bits per heavy atom. The molecule has 1 unspecified atom stereocenters. The van der Waals surface area contributed by atoms with Crippen molar-refractivity contribution in [2.45, 2.75) is 38.6 Å². The van der Waals surface area contributed by atoms with E-state index in [9.17, 15) is 0 Å². The van der Waals surface area contributed by atoms with Crippen LogP contribution in [0.1, 0.15) is 41.3 Å². The van der Waals surface area contributed by atoms with Crippen LogP contribution in [0.15, 0.2) is 12.1 Å². The summed E-state index contributed by atoms with van der Waals surface area (Å²) < 4.78 is 0. The van der Waals surface area contributed by atoms with Crippen molar-refractivity contribution in [2.75, 3.05) is 7.05 Å². The largest absolute Gasteiger partial charge is 0.312 e. The molecule has 0 aliphatic heterocycles. The van der Waals surface area contributed by atoms with Gasteiger partial charge in [0.05, 0.1) is 16.6 Å². The molecule has 2 aromatic rings. The number of thiazole rings is 1. The molecule has 0 aromatic carbocycles. The highest BCUT2D eigenvalue weighted by molar-refractivity contribution is 7.21. The molecule has 0 bridgehead atoms. The van der Waals surface area contributed by atoms with E-state index in [4.69, 9.17) is 4.98 Å². The van der Waals surface area contributed by atoms with E-state index < -0.39 is 0 Å². The van der Waals surface area contributed by atoms with Gasteiger partial charge in [0.25, 0.3) is 0 Å². The third-order valence-electron chi connectivity index (χ3n) is 3.52. The van der Waals surface area contributed by atoms with Crippen LogP contribution in [0.25, 0.3) is 9.88 Å². The number of nitrogens with zero attached hydrogens (tertiary/aromatic N) is 1. The van der Waals surface area contributed by atoms with Crippen LogP contribution in [0.4, 0.5) is 0 Å². The maximum absolute atomic E-state index is 4.89. The second-order valence-corrected chi connectivity index (χ2v) is 6.93. The minimum atomic E-state index is 0.462. The van der Waals surface area contributed by atoms with Gasteiger partial charge in [-0.1, -0.05) is 6.92 Å². The van der Waals surface area contributed by atoms with Crippen LogP contribution >= 0.6 is 22.7 Å². The molecule has 3 rings (SSSR count). The lowest BCUT2D eigenvalue weighted by Crippen LogP contribution is -2.21. The molecule has 1 N–H and O–H groups in total. The second kappa shape index (κ2) is 5.11. The molecule has 0 saturated carbocycles. The number of hydrogen-bond donors (Lipinski definition) is 1. The van der Waals surface area contributed by atoms with Gasteiger partial charge in [0.15, 0.2) is 0 Å². The van der Waals surface area contributed by atoms with Gasteiger partial charge in [0, 0.05) is 9.75 Å². The molecule has 1 aliphatic carbocycles. The number of thiophene rings is 1. The van der Waals surface area contributed by atoms with Crippen molar-refractivity contribution in [3.05, 3.63) is 27.6 Å². The Labute approximate surface area is 116 Å². The fourth-order valence-corrected chi connectivity index (χ4v) is 4.65. The molecule has 18 heavy (non-hydrogen) atoms. The van der Waals surface area contributed by atoms with Gasteiger partial charge in [-0.15, -0.1) is 22.7 Å². The van der Waals surface area contributed by atoms with Crippen LogP contribution in [-0.2, 0) is 12.8 Å². The quantitative estimate of drug-likeness (QED) is 0.917. The number of rotatable bonds is 3. The Hall–Kier alpha value is -0.710. The SMILES string of the molecule is CCc1ccc(-c2nc3c(s2)CCCC3NC)s1. The highest BCUT2D eigenvalue weighted by Crippen LogP contribution is 2.39. The summed E-state index contributed by atoms with van der Waals surface area (Å²) in [6.07, 6.45) is 4.83. The molecular weight excluding hydrogens is 260 g/mol. The first-order valence-corrected chi connectivity index (χ1v) is 8.21. The van der Waals surface area contributed by atoms with E-state index in [1.54, 1.807) is 0 Å². The van der Waals surface area contributed by atoms with E-state index >= 15 is 0 Å². The van der Waals surface area contributed by atoms with Gasteiger partial charge < -0.3 is 5.32 Å². The lowest BCUT2D eigenvalue weighted by molar-refractivity contribution is 0.490. The van der Waals surface area contributed by atoms with Crippen LogP contribution in [0, 0.1) is 0 Å². The maximum atomic E-state index is 4.89. The topological polar surface area (TPSA) is 24.9 Å². The van der Waals surface area contributed by atoms with Gasteiger partial charge in [-0.05, 0) is 44.9 Å². The van der Waals surface area contributed by atoms with E-state index in [-0.39, 0.29) is 0 Å². The van der Waals surface area contributed by atoms with Crippen molar-refractivity contribution >= 4 is 22.7 Å². The van der Waals surface area contributed by atoms with Crippen molar-refractivity contribution in [2.24, 2.45) is 0 Å². The third-order valence-corrected chi connectivity index (χ3v) is 6.05. The monoisotopic (exact) mass is 278 g/mol. The number of fused-ring (bicyclic) bond motifs is 1. The molecule has 1 aliphatic rings. The number of hydrogen-bond acceptors (Lipinski definition) is 4. The van der Waals surface area contributed by atoms with E-state index in [1.165, 1.54) is 44.6 Å². The van der Waals surface area contributed by atoms with E-state index in [1.807, 2.05) is 29.7 Å². The molecule has 2 aromatic heterocycles. The molecule has 0 fully saturated rings. The smallest absolute Gasteiger partial charge is 0.133 e. The van der Waals surface area contributed by atoms with Gasteiger partial charge in [-0.2, -0.15) is 0 Å². The normalized spacial score (nSPS) is 18.9. The van der Waals surface area contributed by atoms with Gasteiger partial charge in [-0.25, -0.2) is 4.98 Å². The first kappa shape index (κ1) is 12.3. The summed E-state index contributed by atoms with van der Waals surface area (Å²) in [5.41, 5.74) is 1.30. The van der Waals surface area contributed by atoms with Crippen LogP contribution in [0.3, 0.4) is 0 Å². The zero-order valence-corrected chi connectivity index (χ0v) is 12.5. The Kier molecular flexibility index (Phi) is 3.50. The summed E-state index contributed by atoms with van der Waals surface area (Å²) in [7, 11) is 2.04. The summed E-state index contributed by atoms with van der Waals surface area (Å²) in [5, 5.41) is 4.60. The molecule has 2 heterocycles. The predicted molar refractivity (Wildman–Crippen MR) is 79.5 cm³/mol. The van der Waals surface area contributed by atoms with Crippen molar-refractivity contribution in [1.82, 2.24) is 10.3 Å². The summed E-state index contributed by atoms with van der Waals surface area (Å²) in [5.74, 6) is 0. The number of aromatic nitrogens is 1. The Bertz CT molecular complexity index is 542. The van der Waals surface area contributed by atoms with Gasteiger partial charge >= 0.3 is 0 Å². The highest BCUT2D eigenvalue weighted by atomic mass is 32.1. The highest BCUT2D eigenvalue weighted by Gasteiger charge is 2.24. The lowest BCUT2D eigenvalue weighted by atomic mass is 9.98. The Morgan fingerprint density at radius 2 is 2.28 bits per heavy atom. The van der Waals surface area contributed by atoms with Crippen LogP contribution in [0.5, 0.6) is 0 Å². The first-order valence-electron chi connectivity index (χ1n) is 6.57.